The molecular formula is C18H14Cl2N4. The van der Waals surface area contributed by atoms with Crippen molar-refractivity contribution in [2.75, 3.05) is 5.43 Å². The molecule has 0 radical (unpaired) electrons. The van der Waals surface area contributed by atoms with Crippen molar-refractivity contribution >= 4 is 35.4 Å². The van der Waals surface area contributed by atoms with E-state index in [-0.39, 0.29) is 0 Å². The van der Waals surface area contributed by atoms with Gasteiger partial charge in [0, 0.05) is 16.8 Å². The van der Waals surface area contributed by atoms with Gasteiger partial charge in [-0.25, -0.2) is 15.4 Å². The van der Waals surface area contributed by atoms with Gasteiger partial charge < -0.3 is 0 Å². The standard InChI is InChI=1S/C18H14Cl2N4/c1-12-10-17(13-6-3-2-4-7-13)23-18(22-12)24-21-11-14-15(19)8-5-9-16(14)20/h2-11H,1H3,(H,22,23,24)/b21-11+. The lowest BCUT2D eigenvalue weighted by molar-refractivity contribution is 1.08. The van der Waals surface area contributed by atoms with Crippen LogP contribution in [0, 0.1) is 6.92 Å². The lowest BCUT2D eigenvalue weighted by Gasteiger charge is -2.06. The van der Waals surface area contributed by atoms with Crippen LogP contribution in [0.25, 0.3) is 11.3 Å². The van der Waals surface area contributed by atoms with Crippen LogP contribution in [0.5, 0.6) is 0 Å². The minimum atomic E-state index is 0.410. The SMILES string of the molecule is Cc1cc(-c2ccccc2)nc(N/N=C/c2c(Cl)cccc2Cl)n1. The molecule has 6 heteroatoms. The Morgan fingerprint density at radius 1 is 0.958 bits per heavy atom. The summed E-state index contributed by atoms with van der Waals surface area (Å²) in [6.45, 7) is 1.91. The van der Waals surface area contributed by atoms with E-state index < -0.39 is 0 Å². The van der Waals surface area contributed by atoms with Crippen LogP contribution in [0.2, 0.25) is 10.0 Å². The fourth-order valence-corrected chi connectivity index (χ4v) is 2.66. The molecule has 0 aliphatic rings. The van der Waals surface area contributed by atoms with Crippen molar-refractivity contribution in [2.24, 2.45) is 5.10 Å². The summed E-state index contributed by atoms with van der Waals surface area (Å²) < 4.78 is 0. The molecule has 3 aromatic rings. The lowest BCUT2D eigenvalue weighted by atomic mass is 10.1. The third-order valence-corrected chi connectivity index (χ3v) is 3.94. The summed E-state index contributed by atoms with van der Waals surface area (Å²) >= 11 is 12.2. The molecule has 0 saturated heterocycles. The second kappa shape index (κ2) is 7.43. The van der Waals surface area contributed by atoms with E-state index in [0.717, 1.165) is 17.0 Å². The van der Waals surface area contributed by atoms with Gasteiger partial charge >= 0.3 is 0 Å². The zero-order valence-electron chi connectivity index (χ0n) is 12.9. The normalized spacial score (nSPS) is 11.0. The smallest absolute Gasteiger partial charge is 0.244 e. The fraction of sp³-hybridized carbons (Fsp3) is 0.0556. The highest BCUT2D eigenvalue weighted by Gasteiger charge is 2.05. The molecule has 120 valence electrons. The first-order valence-corrected chi connectivity index (χ1v) is 8.03. The molecule has 1 aromatic heterocycles. The average molecular weight is 357 g/mol. The van der Waals surface area contributed by atoms with Gasteiger partial charge in [-0.15, -0.1) is 0 Å². The number of hydrogen-bond acceptors (Lipinski definition) is 4. The average Bonchev–Trinajstić information content (AvgIpc) is 2.58. The molecule has 0 aliphatic heterocycles. The van der Waals surface area contributed by atoms with E-state index in [0.29, 0.717) is 21.6 Å². The Bertz CT molecular complexity index is 859. The van der Waals surface area contributed by atoms with Crippen molar-refractivity contribution in [3.05, 3.63) is 75.9 Å². The van der Waals surface area contributed by atoms with Gasteiger partial charge in [-0.2, -0.15) is 5.10 Å². The van der Waals surface area contributed by atoms with Crippen LogP contribution in [0.15, 0.2) is 59.7 Å². The number of aromatic nitrogens is 2. The monoisotopic (exact) mass is 356 g/mol. The first-order valence-electron chi connectivity index (χ1n) is 7.27. The molecule has 0 unspecified atom stereocenters. The number of hydrazone groups is 1. The Labute approximate surface area is 150 Å². The largest absolute Gasteiger partial charge is 0.245 e. The minimum Gasteiger partial charge on any atom is -0.245 e. The summed E-state index contributed by atoms with van der Waals surface area (Å²) in [7, 11) is 0. The van der Waals surface area contributed by atoms with Crippen LogP contribution in [0.3, 0.4) is 0 Å². The summed E-state index contributed by atoms with van der Waals surface area (Å²) in [6.07, 6.45) is 1.55. The maximum absolute atomic E-state index is 6.11. The zero-order valence-corrected chi connectivity index (χ0v) is 14.4. The quantitative estimate of drug-likeness (QED) is 0.515. The predicted octanol–water partition coefficient (Wildman–Crippen LogP) is 5.20. The summed E-state index contributed by atoms with van der Waals surface area (Å²) in [6, 6.07) is 17.1. The summed E-state index contributed by atoms with van der Waals surface area (Å²) in [5, 5.41) is 5.20. The Morgan fingerprint density at radius 3 is 2.38 bits per heavy atom. The van der Waals surface area contributed by atoms with E-state index in [2.05, 4.69) is 20.5 Å². The van der Waals surface area contributed by atoms with Crippen molar-refractivity contribution in [3.8, 4) is 11.3 Å². The maximum Gasteiger partial charge on any atom is 0.244 e. The van der Waals surface area contributed by atoms with Gasteiger partial charge in [-0.1, -0.05) is 59.6 Å². The van der Waals surface area contributed by atoms with Crippen LogP contribution >= 0.6 is 23.2 Å². The highest BCUT2D eigenvalue weighted by molar-refractivity contribution is 6.38. The second-order valence-electron chi connectivity index (χ2n) is 5.09. The molecule has 0 amide bonds. The Balaban J connectivity index is 1.83. The Hall–Kier alpha value is -2.43. The molecule has 4 nitrogen and oxygen atoms in total. The molecule has 24 heavy (non-hydrogen) atoms. The number of benzene rings is 2. The highest BCUT2D eigenvalue weighted by Crippen LogP contribution is 2.22. The van der Waals surface area contributed by atoms with Gasteiger partial charge in [-0.05, 0) is 25.1 Å². The van der Waals surface area contributed by atoms with Gasteiger partial charge in [0.05, 0.1) is 22.0 Å². The number of aryl methyl sites for hydroxylation is 1. The molecule has 2 aromatic carbocycles. The number of anilines is 1. The first kappa shape index (κ1) is 16.4. The van der Waals surface area contributed by atoms with Crippen molar-refractivity contribution in [2.45, 2.75) is 6.92 Å². The van der Waals surface area contributed by atoms with Crippen LogP contribution in [-0.4, -0.2) is 16.2 Å². The van der Waals surface area contributed by atoms with Gasteiger partial charge in [0.2, 0.25) is 5.95 Å². The third kappa shape index (κ3) is 3.91. The van der Waals surface area contributed by atoms with Gasteiger partial charge in [0.25, 0.3) is 0 Å². The van der Waals surface area contributed by atoms with Crippen molar-refractivity contribution in [1.82, 2.24) is 9.97 Å². The summed E-state index contributed by atoms with van der Waals surface area (Å²) in [5.41, 5.74) is 6.16. The minimum absolute atomic E-state index is 0.410. The predicted molar refractivity (Wildman–Crippen MR) is 99.9 cm³/mol. The molecule has 1 N–H and O–H groups in total. The van der Waals surface area contributed by atoms with Crippen LogP contribution in [-0.2, 0) is 0 Å². The van der Waals surface area contributed by atoms with E-state index in [1.54, 1.807) is 24.4 Å². The molecule has 1 heterocycles. The van der Waals surface area contributed by atoms with Crippen LogP contribution < -0.4 is 5.43 Å². The third-order valence-electron chi connectivity index (χ3n) is 3.28. The van der Waals surface area contributed by atoms with Crippen molar-refractivity contribution < 1.29 is 0 Å². The number of hydrogen-bond donors (Lipinski definition) is 1. The molecule has 0 bridgehead atoms. The van der Waals surface area contributed by atoms with Crippen molar-refractivity contribution in [3.63, 3.8) is 0 Å². The van der Waals surface area contributed by atoms with E-state index in [1.807, 2.05) is 43.3 Å². The number of nitrogens with zero attached hydrogens (tertiary/aromatic N) is 3. The van der Waals surface area contributed by atoms with Gasteiger partial charge in [-0.3, -0.25) is 0 Å². The molecule has 0 aliphatic carbocycles. The number of rotatable bonds is 4. The number of nitrogens with one attached hydrogen (secondary N) is 1. The highest BCUT2D eigenvalue weighted by atomic mass is 35.5. The van der Waals surface area contributed by atoms with E-state index >= 15 is 0 Å². The van der Waals surface area contributed by atoms with Gasteiger partial charge in [0.15, 0.2) is 0 Å². The molecule has 0 spiro atoms. The zero-order chi connectivity index (χ0) is 16.9. The van der Waals surface area contributed by atoms with E-state index in [4.69, 9.17) is 23.2 Å². The Morgan fingerprint density at radius 2 is 1.67 bits per heavy atom. The topological polar surface area (TPSA) is 50.2 Å². The first-order chi connectivity index (χ1) is 11.6. The van der Waals surface area contributed by atoms with Gasteiger partial charge in [0.1, 0.15) is 0 Å². The van der Waals surface area contributed by atoms with Crippen molar-refractivity contribution in [1.29, 1.82) is 0 Å². The van der Waals surface area contributed by atoms with E-state index in [1.165, 1.54) is 0 Å². The Kier molecular flexibility index (Phi) is 5.08. The summed E-state index contributed by atoms with van der Waals surface area (Å²) in [4.78, 5) is 8.81. The molecule has 0 fully saturated rings. The second-order valence-corrected chi connectivity index (χ2v) is 5.90. The van der Waals surface area contributed by atoms with Crippen LogP contribution in [0.4, 0.5) is 5.95 Å². The molecule has 3 rings (SSSR count). The lowest BCUT2D eigenvalue weighted by Crippen LogP contribution is -2.00. The molecule has 0 saturated carbocycles. The van der Waals surface area contributed by atoms with E-state index in [9.17, 15) is 0 Å². The maximum atomic E-state index is 6.11. The fourth-order valence-electron chi connectivity index (χ4n) is 2.16. The molecular weight excluding hydrogens is 343 g/mol. The number of halogens is 2. The summed E-state index contributed by atoms with van der Waals surface area (Å²) in [5.74, 6) is 0.410. The molecule has 0 atom stereocenters. The van der Waals surface area contributed by atoms with Crippen LogP contribution in [0.1, 0.15) is 11.3 Å².